The number of nitrogens with two attached hydrogens (primary N) is 1. The first-order valence-electron chi connectivity index (χ1n) is 6.80. The van der Waals surface area contributed by atoms with Gasteiger partial charge in [-0.15, -0.1) is 0 Å². The van der Waals surface area contributed by atoms with Crippen molar-refractivity contribution in [3.63, 3.8) is 0 Å². The molecule has 0 amide bonds. The number of nitrogens with zero attached hydrogens (tertiary/aromatic N) is 1. The van der Waals surface area contributed by atoms with Crippen molar-refractivity contribution in [2.45, 2.75) is 26.4 Å². The van der Waals surface area contributed by atoms with E-state index in [0.717, 1.165) is 17.0 Å². The number of aliphatic hydroxyl groups is 1. The fourth-order valence-electron chi connectivity index (χ4n) is 2.20. The zero-order valence-corrected chi connectivity index (χ0v) is 12.6. The number of hydrogen-bond donors (Lipinski definition) is 3. The van der Waals surface area contributed by atoms with E-state index in [0.29, 0.717) is 5.76 Å². The Kier molecular flexibility index (Phi) is 4.33. The van der Waals surface area contributed by atoms with Gasteiger partial charge in [0.25, 0.3) is 0 Å². The summed E-state index contributed by atoms with van der Waals surface area (Å²) < 4.78 is 5.45. The summed E-state index contributed by atoms with van der Waals surface area (Å²) in [5, 5.41) is 13.5. The number of hydrogen-bond acceptors (Lipinski definition) is 3. The second-order valence-corrected chi connectivity index (χ2v) is 5.29. The normalized spacial score (nSPS) is 14.8. The molecule has 0 saturated carbocycles. The minimum atomic E-state index is -1.12. The van der Waals surface area contributed by atoms with Crippen LogP contribution in [0.5, 0.6) is 0 Å². The highest BCUT2D eigenvalue weighted by molar-refractivity contribution is 5.92. The van der Waals surface area contributed by atoms with Crippen LogP contribution in [-0.4, -0.2) is 17.6 Å². The Morgan fingerprint density at radius 2 is 2.00 bits per heavy atom. The molecule has 112 valence electrons. The van der Waals surface area contributed by atoms with Gasteiger partial charge in [0.2, 0.25) is 0 Å². The second kappa shape index (κ2) is 6.01. The second-order valence-electron chi connectivity index (χ2n) is 5.29. The Morgan fingerprint density at radius 3 is 2.57 bits per heavy atom. The van der Waals surface area contributed by atoms with E-state index in [1.807, 2.05) is 50.2 Å². The van der Waals surface area contributed by atoms with Crippen molar-refractivity contribution in [2.24, 2.45) is 10.7 Å². The van der Waals surface area contributed by atoms with Crippen molar-refractivity contribution in [3.05, 3.63) is 53.5 Å². The fraction of sp³-hybridized carbons (Fsp3) is 0.312. The summed E-state index contributed by atoms with van der Waals surface area (Å²) in [6.07, 6.45) is 0. The summed E-state index contributed by atoms with van der Waals surface area (Å²) in [6, 6.07) is 11.3. The fourth-order valence-corrected chi connectivity index (χ4v) is 2.20. The third kappa shape index (κ3) is 3.86. The number of aliphatic imine (C=N–C) groups is 1. The Labute approximate surface area is 124 Å². The van der Waals surface area contributed by atoms with Gasteiger partial charge in [-0.05, 0) is 39.0 Å². The molecule has 5 heteroatoms. The SMILES string of the molecule is Cc1cc(C(C)(O)CN=C(N)Nc2ccccc2)c(C)o1. The molecule has 2 rings (SSSR count). The van der Waals surface area contributed by atoms with Crippen molar-refractivity contribution < 1.29 is 9.52 Å². The third-order valence-electron chi connectivity index (χ3n) is 3.22. The number of rotatable bonds is 4. The molecule has 0 spiro atoms. The minimum Gasteiger partial charge on any atom is -0.466 e. The molecule has 0 aliphatic heterocycles. The maximum atomic E-state index is 10.5. The average molecular weight is 287 g/mol. The zero-order chi connectivity index (χ0) is 15.5. The largest absolute Gasteiger partial charge is 0.466 e. The van der Waals surface area contributed by atoms with Crippen LogP contribution in [0, 0.1) is 13.8 Å². The van der Waals surface area contributed by atoms with Crippen LogP contribution in [0.2, 0.25) is 0 Å². The number of benzene rings is 1. The van der Waals surface area contributed by atoms with E-state index in [1.54, 1.807) is 6.92 Å². The highest BCUT2D eigenvalue weighted by atomic mass is 16.3. The molecule has 1 heterocycles. The molecule has 0 aliphatic rings. The van der Waals surface area contributed by atoms with Gasteiger partial charge in [0.05, 0.1) is 6.54 Å². The Morgan fingerprint density at radius 1 is 1.33 bits per heavy atom. The quantitative estimate of drug-likeness (QED) is 0.596. The number of para-hydroxylation sites is 1. The Hall–Kier alpha value is -2.27. The molecule has 1 aromatic heterocycles. The standard InChI is InChI=1S/C16H21N3O2/c1-11-9-14(12(2)21-11)16(3,20)10-18-15(17)19-13-7-5-4-6-8-13/h4-9,20H,10H2,1-3H3,(H3,17,18,19). The third-order valence-corrected chi connectivity index (χ3v) is 3.22. The van der Waals surface area contributed by atoms with Crippen LogP contribution in [0.1, 0.15) is 24.0 Å². The summed E-state index contributed by atoms with van der Waals surface area (Å²) in [5.74, 6) is 1.73. The minimum absolute atomic E-state index is 0.151. The lowest BCUT2D eigenvalue weighted by molar-refractivity contribution is 0.0658. The van der Waals surface area contributed by atoms with Crippen LogP contribution < -0.4 is 11.1 Å². The first kappa shape index (κ1) is 15.1. The molecule has 1 unspecified atom stereocenters. The van der Waals surface area contributed by atoms with Gasteiger partial charge in [0.1, 0.15) is 17.1 Å². The number of furan rings is 1. The van der Waals surface area contributed by atoms with Crippen LogP contribution in [0.4, 0.5) is 5.69 Å². The van der Waals surface area contributed by atoms with E-state index in [4.69, 9.17) is 10.2 Å². The topological polar surface area (TPSA) is 83.8 Å². The van der Waals surface area contributed by atoms with Crippen molar-refractivity contribution in [1.82, 2.24) is 0 Å². The molecular weight excluding hydrogens is 266 g/mol. The first-order valence-corrected chi connectivity index (χ1v) is 6.80. The van der Waals surface area contributed by atoms with E-state index in [2.05, 4.69) is 10.3 Å². The summed E-state index contributed by atoms with van der Waals surface area (Å²) in [7, 11) is 0. The molecule has 0 saturated heterocycles. The van der Waals surface area contributed by atoms with Gasteiger partial charge in [-0.25, -0.2) is 4.99 Å². The summed E-state index contributed by atoms with van der Waals surface area (Å²) in [6.45, 7) is 5.52. The molecule has 0 fully saturated rings. The zero-order valence-electron chi connectivity index (χ0n) is 12.6. The molecule has 0 bridgehead atoms. The van der Waals surface area contributed by atoms with Gasteiger partial charge in [-0.1, -0.05) is 18.2 Å². The molecule has 1 aromatic carbocycles. The summed E-state index contributed by atoms with van der Waals surface area (Å²) in [5.41, 5.74) is 6.31. The molecule has 21 heavy (non-hydrogen) atoms. The van der Waals surface area contributed by atoms with Crippen LogP contribution in [-0.2, 0) is 5.60 Å². The van der Waals surface area contributed by atoms with E-state index in [1.165, 1.54) is 0 Å². The smallest absolute Gasteiger partial charge is 0.193 e. The molecule has 0 radical (unpaired) electrons. The van der Waals surface area contributed by atoms with E-state index >= 15 is 0 Å². The lowest BCUT2D eigenvalue weighted by Gasteiger charge is -2.20. The Bertz CT molecular complexity index is 630. The monoisotopic (exact) mass is 287 g/mol. The number of nitrogens with one attached hydrogen (secondary N) is 1. The highest BCUT2D eigenvalue weighted by Crippen LogP contribution is 2.27. The van der Waals surface area contributed by atoms with Crippen LogP contribution in [0.3, 0.4) is 0 Å². The lowest BCUT2D eigenvalue weighted by Crippen LogP contribution is -2.29. The molecule has 0 aliphatic carbocycles. The van der Waals surface area contributed by atoms with E-state index < -0.39 is 5.60 Å². The first-order chi connectivity index (χ1) is 9.88. The van der Waals surface area contributed by atoms with Crippen molar-refractivity contribution in [1.29, 1.82) is 0 Å². The predicted molar refractivity (Wildman–Crippen MR) is 84.3 cm³/mol. The molecule has 1 atom stereocenters. The van der Waals surface area contributed by atoms with E-state index in [-0.39, 0.29) is 12.5 Å². The number of anilines is 1. The van der Waals surface area contributed by atoms with Gasteiger partial charge >= 0.3 is 0 Å². The van der Waals surface area contributed by atoms with Gasteiger partial charge in [-0.3, -0.25) is 0 Å². The predicted octanol–water partition coefficient (Wildman–Crippen LogP) is 2.53. The Balaban J connectivity index is 2.06. The molecular formula is C16H21N3O2. The maximum Gasteiger partial charge on any atom is 0.193 e. The summed E-state index contributed by atoms with van der Waals surface area (Å²) in [4.78, 5) is 4.21. The van der Waals surface area contributed by atoms with Gasteiger partial charge < -0.3 is 20.6 Å². The van der Waals surface area contributed by atoms with Crippen LogP contribution in [0.15, 0.2) is 45.8 Å². The number of aryl methyl sites for hydroxylation is 2. The number of guanidine groups is 1. The van der Waals surface area contributed by atoms with Crippen molar-refractivity contribution >= 4 is 11.6 Å². The van der Waals surface area contributed by atoms with Crippen molar-refractivity contribution in [2.75, 3.05) is 11.9 Å². The van der Waals surface area contributed by atoms with Gasteiger partial charge in [-0.2, -0.15) is 0 Å². The summed E-state index contributed by atoms with van der Waals surface area (Å²) >= 11 is 0. The maximum absolute atomic E-state index is 10.5. The molecule has 5 nitrogen and oxygen atoms in total. The van der Waals surface area contributed by atoms with E-state index in [9.17, 15) is 5.11 Å². The van der Waals surface area contributed by atoms with Crippen LogP contribution >= 0.6 is 0 Å². The van der Waals surface area contributed by atoms with Crippen LogP contribution in [0.25, 0.3) is 0 Å². The molecule has 4 N–H and O–H groups in total. The average Bonchev–Trinajstić information content (AvgIpc) is 2.78. The highest BCUT2D eigenvalue weighted by Gasteiger charge is 2.27. The molecule has 2 aromatic rings. The van der Waals surface area contributed by atoms with Gasteiger partial charge in [0.15, 0.2) is 5.96 Å². The van der Waals surface area contributed by atoms with Crippen molar-refractivity contribution in [3.8, 4) is 0 Å². The lowest BCUT2D eigenvalue weighted by atomic mass is 9.96. The van der Waals surface area contributed by atoms with Gasteiger partial charge in [0, 0.05) is 11.3 Å².